The van der Waals surface area contributed by atoms with Gasteiger partial charge in [-0.15, -0.1) is 0 Å². The van der Waals surface area contributed by atoms with Gasteiger partial charge in [0.15, 0.2) is 6.61 Å². The molecule has 0 aromatic heterocycles. The van der Waals surface area contributed by atoms with Crippen molar-refractivity contribution in [3.63, 3.8) is 0 Å². The fourth-order valence-corrected chi connectivity index (χ4v) is 2.48. The Morgan fingerprint density at radius 1 is 1.07 bits per heavy atom. The number of para-hydroxylation sites is 1. The minimum Gasteiger partial charge on any atom is -0.484 e. The molecule has 1 aliphatic rings. The van der Waals surface area contributed by atoms with E-state index in [1.807, 2.05) is 6.07 Å². The van der Waals surface area contributed by atoms with Gasteiger partial charge in [-0.05, 0) is 30.3 Å². The van der Waals surface area contributed by atoms with Crippen molar-refractivity contribution in [2.45, 2.75) is 0 Å². The Morgan fingerprint density at radius 3 is 2.63 bits per heavy atom. The van der Waals surface area contributed by atoms with E-state index in [4.69, 9.17) is 9.47 Å². The maximum atomic E-state index is 12.0. The molecule has 0 spiro atoms. The number of benzene rings is 2. The highest BCUT2D eigenvalue weighted by Gasteiger charge is 2.23. The van der Waals surface area contributed by atoms with Crippen LogP contribution in [0, 0.1) is 0 Å². The summed E-state index contributed by atoms with van der Waals surface area (Å²) < 4.78 is 10.2. The summed E-state index contributed by atoms with van der Waals surface area (Å²) in [4.78, 5) is 36.9. The quantitative estimate of drug-likeness (QED) is 0.775. The monoisotopic (exact) mass is 369 g/mol. The molecule has 2 aromatic carbocycles. The van der Waals surface area contributed by atoms with E-state index in [0.717, 1.165) is 0 Å². The van der Waals surface area contributed by atoms with Crippen LogP contribution in [0.5, 0.6) is 5.75 Å². The van der Waals surface area contributed by atoms with Gasteiger partial charge < -0.3 is 20.1 Å². The Balaban J connectivity index is 1.45. The van der Waals surface area contributed by atoms with Crippen molar-refractivity contribution in [1.82, 2.24) is 5.32 Å². The van der Waals surface area contributed by atoms with Gasteiger partial charge in [0.25, 0.3) is 5.91 Å². The average Bonchev–Trinajstić information content (AvgIpc) is 3.12. The Kier molecular flexibility index (Phi) is 5.88. The van der Waals surface area contributed by atoms with Crippen molar-refractivity contribution in [1.29, 1.82) is 0 Å². The number of hydrogen-bond donors (Lipinski definition) is 2. The Morgan fingerprint density at radius 2 is 1.89 bits per heavy atom. The van der Waals surface area contributed by atoms with E-state index in [-0.39, 0.29) is 19.1 Å². The van der Waals surface area contributed by atoms with E-state index in [9.17, 15) is 14.4 Å². The number of ether oxygens (including phenoxy) is 2. The fraction of sp³-hybridized carbons (Fsp3) is 0.211. The van der Waals surface area contributed by atoms with Crippen molar-refractivity contribution in [2.24, 2.45) is 0 Å². The first-order valence-electron chi connectivity index (χ1n) is 8.40. The highest BCUT2D eigenvalue weighted by molar-refractivity contribution is 5.96. The molecule has 8 heteroatoms. The zero-order valence-electron chi connectivity index (χ0n) is 14.5. The van der Waals surface area contributed by atoms with Gasteiger partial charge in [0, 0.05) is 11.4 Å². The van der Waals surface area contributed by atoms with E-state index in [1.54, 1.807) is 48.5 Å². The molecule has 1 saturated heterocycles. The van der Waals surface area contributed by atoms with Gasteiger partial charge in [-0.1, -0.05) is 24.3 Å². The lowest BCUT2D eigenvalue weighted by molar-refractivity contribution is -0.125. The van der Waals surface area contributed by atoms with Gasteiger partial charge >= 0.3 is 6.09 Å². The summed E-state index contributed by atoms with van der Waals surface area (Å²) in [6.07, 6.45) is -0.413. The molecule has 2 N–H and O–H groups in total. The first-order chi connectivity index (χ1) is 13.1. The summed E-state index contributed by atoms with van der Waals surface area (Å²) in [6.45, 7) is 0.441. The molecule has 1 fully saturated rings. The standard InChI is InChI=1S/C19H19N3O5/c23-17(12-20-18(24)13-27-16-7-2-1-3-8-16)21-14-5-4-6-15(11-14)22-9-10-26-19(22)25/h1-8,11H,9-10,12-13H2,(H,20,24)(H,21,23). The third-order valence-electron chi connectivity index (χ3n) is 3.76. The molecule has 3 rings (SSSR count). The van der Waals surface area contributed by atoms with Crippen LogP contribution in [0.4, 0.5) is 16.2 Å². The minimum atomic E-state index is -0.413. The van der Waals surface area contributed by atoms with Gasteiger partial charge in [-0.25, -0.2) is 4.79 Å². The first kappa shape index (κ1) is 18.2. The van der Waals surface area contributed by atoms with Crippen molar-refractivity contribution < 1.29 is 23.9 Å². The molecule has 0 unspecified atom stereocenters. The normalized spacial score (nSPS) is 13.0. The number of hydrogen-bond acceptors (Lipinski definition) is 5. The van der Waals surface area contributed by atoms with Crippen LogP contribution in [0.25, 0.3) is 0 Å². The Hall–Kier alpha value is -3.55. The van der Waals surface area contributed by atoms with E-state index in [2.05, 4.69) is 10.6 Å². The van der Waals surface area contributed by atoms with Gasteiger partial charge in [0.05, 0.1) is 13.1 Å². The molecule has 0 aliphatic carbocycles. The van der Waals surface area contributed by atoms with Crippen LogP contribution in [0.1, 0.15) is 0 Å². The Labute approximate surface area is 156 Å². The molecule has 140 valence electrons. The maximum absolute atomic E-state index is 12.0. The smallest absolute Gasteiger partial charge is 0.414 e. The number of carbonyl (C=O) groups is 3. The molecule has 1 aliphatic heterocycles. The number of amides is 3. The summed E-state index contributed by atoms with van der Waals surface area (Å²) in [5, 5.41) is 5.17. The second-order valence-corrected chi connectivity index (χ2v) is 5.74. The molecule has 0 atom stereocenters. The van der Waals surface area contributed by atoms with Crippen LogP contribution in [-0.2, 0) is 14.3 Å². The van der Waals surface area contributed by atoms with Gasteiger partial charge in [0.2, 0.25) is 5.91 Å². The zero-order valence-corrected chi connectivity index (χ0v) is 14.5. The topological polar surface area (TPSA) is 97.0 Å². The lowest BCUT2D eigenvalue weighted by Crippen LogP contribution is -2.35. The van der Waals surface area contributed by atoms with Gasteiger partial charge in [-0.2, -0.15) is 0 Å². The summed E-state index contributed by atoms with van der Waals surface area (Å²) in [6, 6.07) is 15.8. The lowest BCUT2D eigenvalue weighted by Gasteiger charge is -2.14. The highest BCUT2D eigenvalue weighted by Crippen LogP contribution is 2.22. The molecular formula is C19H19N3O5. The number of nitrogens with zero attached hydrogens (tertiary/aromatic N) is 1. The van der Waals surface area contributed by atoms with Crippen LogP contribution in [0.15, 0.2) is 54.6 Å². The fourth-order valence-electron chi connectivity index (χ4n) is 2.48. The molecule has 1 heterocycles. The van der Waals surface area contributed by atoms with Crippen LogP contribution in [-0.4, -0.2) is 44.2 Å². The minimum absolute atomic E-state index is 0.177. The summed E-state index contributed by atoms with van der Waals surface area (Å²) in [7, 11) is 0. The van der Waals surface area contributed by atoms with Gasteiger partial charge in [0.1, 0.15) is 12.4 Å². The second-order valence-electron chi connectivity index (χ2n) is 5.74. The lowest BCUT2D eigenvalue weighted by atomic mass is 10.2. The van der Waals surface area contributed by atoms with Crippen molar-refractivity contribution in [3.8, 4) is 5.75 Å². The van der Waals surface area contributed by atoms with Crippen molar-refractivity contribution in [3.05, 3.63) is 54.6 Å². The number of carbonyl (C=O) groups excluding carboxylic acids is 3. The number of cyclic esters (lactones) is 1. The number of anilines is 2. The largest absolute Gasteiger partial charge is 0.484 e. The first-order valence-corrected chi connectivity index (χ1v) is 8.40. The highest BCUT2D eigenvalue weighted by atomic mass is 16.6. The molecule has 3 amide bonds. The molecule has 0 saturated carbocycles. The van der Waals surface area contributed by atoms with Crippen molar-refractivity contribution >= 4 is 29.3 Å². The van der Waals surface area contributed by atoms with E-state index >= 15 is 0 Å². The second kappa shape index (κ2) is 8.70. The van der Waals surface area contributed by atoms with E-state index < -0.39 is 12.0 Å². The summed E-state index contributed by atoms with van der Waals surface area (Å²) >= 11 is 0. The van der Waals surface area contributed by atoms with Crippen molar-refractivity contribution in [2.75, 3.05) is 36.5 Å². The third kappa shape index (κ3) is 5.21. The Bertz CT molecular complexity index is 825. The zero-order chi connectivity index (χ0) is 19.1. The van der Waals surface area contributed by atoms with E-state index in [0.29, 0.717) is 30.3 Å². The molecule has 27 heavy (non-hydrogen) atoms. The molecule has 8 nitrogen and oxygen atoms in total. The summed E-state index contributed by atoms with van der Waals surface area (Å²) in [5.41, 5.74) is 1.16. The SMILES string of the molecule is O=C(COc1ccccc1)NCC(=O)Nc1cccc(N2CCOC2=O)c1. The van der Waals surface area contributed by atoms with Crippen LogP contribution in [0.3, 0.4) is 0 Å². The molecule has 0 radical (unpaired) electrons. The number of rotatable bonds is 7. The average molecular weight is 369 g/mol. The summed E-state index contributed by atoms with van der Waals surface area (Å²) in [5.74, 6) is -0.207. The maximum Gasteiger partial charge on any atom is 0.414 e. The van der Waals surface area contributed by atoms with Crippen LogP contribution in [0.2, 0.25) is 0 Å². The predicted octanol–water partition coefficient (Wildman–Crippen LogP) is 1.78. The molecular weight excluding hydrogens is 350 g/mol. The number of nitrogens with one attached hydrogen (secondary N) is 2. The van der Waals surface area contributed by atoms with E-state index in [1.165, 1.54) is 4.90 Å². The van der Waals surface area contributed by atoms with Crippen LogP contribution < -0.4 is 20.3 Å². The van der Waals surface area contributed by atoms with Gasteiger partial charge in [-0.3, -0.25) is 14.5 Å². The molecule has 0 bridgehead atoms. The molecule has 2 aromatic rings. The van der Waals surface area contributed by atoms with Crippen LogP contribution >= 0.6 is 0 Å². The predicted molar refractivity (Wildman–Crippen MR) is 98.7 cm³/mol. The third-order valence-corrected chi connectivity index (χ3v) is 3.76.